The molecule has 0 atom stereocenters. The third-order valence-corrected chi connectivity index (χ3v) is 6.94. The van der Waals surface area contributed by atoms with Crippen LogP contribution >= 0.6 is 15.9 Å². The molecule has 0 N–H and O–H groups in total. The lowest BCUT2D eigenvalue weighted by atomic mass is 10.1. The number of allylic oxidation sites excluding steroid dienone is 1. The van der Waals surface area contributed by atoms with Crippen LogP contribution in [0.1, 0.15) is 25.0 Å². The Hall–Kier alpha value is -2.22. The minimum atomic E-state index is -3.82. The van der Waals surface area contributed by atoms with Crippen LogP contribution in [0.5, 0.6) is 0 Å². The first kappa shape index (κ1) is 24.1. The van der Waals surface area contributed by atoms with Crippen LogP contribution < -0.4 is 0 Å². The molecule has 7 heteroatoms. The predicted molar refractivity (Wildman–Crippen MR) is 124 cm³/mol. The van der Waals surface area contributed by atoms with Gasteiger partial charge >= 0.3 is 5.97 Å². The van der Waals surface area contributed by atoms with Crippen LogP contribution in [0.25, 0.3) is 6.08 Å². The number of benzene rings is 2. The fourth-order valence-corrected chi connectivity index (χ4v) is 4.42. The van der Waals surface area contributed by atoms with Gasteiger partial charge in [-0.15, -0.1) is 0 Å². The van der Waals surface area contributed by atoms with E-state index in [0.717, 1.165) is 21.2 Å². The summed E-state index contributed by atoms with van der Waals surface area (Å²) in [6, 6.07) is 14.1. The van der Waals surface area contributed by atoms with E-state index in [2.05, 4.69) is 15.9 Å². The van der Waals surface area contributed by atoms with E-state index in [9.17, 15) is 13.2 Å². The van der Waals surface area contributed by atoms with Crippen LogP contribution in [0.3, 0.4) is 0 Å². The number of esters is 1. The predicted octanol–water partition coefficient (Wildman–Crippen LogP) is 4.97. The minimum Gasteiger partial charge on any atom is -0.466 e. The SMILES string of the molecule is COC(=O)/C(=C/c1ccccc1Br)CN(CC=C(C)C)S(=O)(=O)c1ccc(C)cc1. The highest BCUT2D eigenvalue weighted by atomic mass is 79.9. The molecule has 160 valence electrons. The summed E-state index contributed by atoms with van der Waals surface area (Å²) in [5, 5.41) is 0. The molecule has 0 radical (unpaired) electrons. The molecule has 0 aliphatic heterocycles. The highest BCUT2D eigenvalue weighted by Crippen LogP contribution is 2.22. The number of nitrogens with zero attached hydrogens (tertiary/aromatic N) is 1. The monoisotopic (exact) mass is 491 g/mol. The van der Waals surface area contributed by atoms with E-state index in [0.29, 0.717) is 0 Å². The van der Waals surface area contributed by atoms with Gasteiger partial charge in [0.2, 0.25) is 10.0 Å². The van der Waals surface area contributed by atoms with E-state index in [1.54, 1.807) is 30.3 Å². The summed E-state index contributed by atoms with van der Waals surface area (Å²) in [4.78, 5) is 12.6. The molecular formula is C23H26BrNO4S. The van der Waals surface area contributed by atoms with E-state index < -0.39 is 16.0 Å². The maximum Gasteiger partial charge on any atom is 0.335 e. The van der Waals surface area contributed by atoms with Crippen molar-refractivity contribution in [1.29, 1.82) is 0 Å². The van der Waals surface area contributed by atoms with Gasteiger partial charge in [0.05, 0.1) is 17.6 Å². The molecule has 0 heterocycles. The van der Waals surface area contributed by atoms with E-state index in [4.69, 9.17) is 4.74 Å². The molecule has 0 amide bonds. The second kappa shape index (κ2) is 10.7. The quantitative estimate of drug-likeness (QED) is 0.297. The molecule has 5 nitrogen and oxygen atoms in total. The van der Waals surface area contributed by atoms with Crippen molar-refractivity contribution < 1.29 is 17.9 Å². The first-order valence-corrected chi connectivity index (χ1v) is 11.6. The van der Waals surface area contributed by atoms with Crippen molar-refractivity contribution >= 4 is 38.0 Å². The normalized spacial score (nSPS) is 12.0. The van der Waals surface area contributed by atoms with Crippen LogP contribution in [0.4, 0.5) is 0 Å². The van der Waals surface area contributed by atoms with Crippen molar-refractivity contribution in [2.75, 3.05) is 20.2 Å². The summed E-state index contributed by atoms with van der Waals surface area (Å²) in [6.45, 7) is 5.72. The molecule has 0 spiro atoms. The number of carbonyl (C=O) groups is 1. The average Bonchev–Trinajstić information content (AvgIpc) is 2.71. The highest BCUT2D eigenvalue weighted by molar-refractivity contribution is 9.10. The van der Waals surface area contributed by atoms with E-state index in [-0.39, 0.29) is 23.6 Å². The third-order valence-electron chi connectivity index (χ3n) is 4.39. The Bertz CT molecular complexity index is 1050. The van der Waals surface area contributed by atoms with Crippen LogP contribution in [0.15, 0.2) is 75.1 Å². The number of ether oxygens (including phenoxy) is 1. The largest absolute Gasteiger partial charge is 0.466 e. The first-order chi connectivity index (χ1) is 14.1. The van der Waals surface area contributed by atoms with Crippen molar-refractivity contribution in [3.8, 4) is 0 Å². The number of methoxy groups -OCH3 is 1. The maximum absolute atomic E-state index is 13.3. The zero-order valence-electron chi connectivity index (χ0n) is 17.6. The summed E-state index contributed by atoms with van der Waals surface area (Å²) in [5.74, 6) is -0.577. The number of hydrogen-bond donors (Lipinski definition) is 0. The topological polar surface area (TPSA) is 63.7 Å². The van der Waals surface area contributed by atoms with E-state index >= 15 is 0 Å². The van der Waals surface area contributed by atoms with Crippen molar-refractivity contribution in [2.45, 2.75) is 25.7 Å². The van der Waals surface area contributed by atoms with Gasteiger partial charge in [0.25, 0.3) is 0 Å². The fourth-order valence-electron chi connectivity index (χ4n) is 2.66. The van der Waals surface area contributed by atoms with Gasteiger partial charge in [0, 0.05) is 17.6 Å². The summed E-state index contributed by atoms with van der Waals surface area (Å²) in [6.07, 6.45) is 3.47. The molecule has 0 saturated carbocycles. The van der Waals surface area contributed by atoms with Crippen LogP contribution in [0, 0.1) is 6.92 Å². The highest BCUT2D eigenvalue weighted by Gasteiger charge is 2.27. The van der Waals surface area contributed by atoms with E-state index in [1.807, 2.05) is 51.1 Å². The number of carbonyl (C=O) groups excluding carboxylic acids is 1. The molecule has 2 aromatic rings. The standard InChI is InChI=1S/C23H26BrNO4S/c1-17(2)13-14-25(30(27,28)21-11-9-18(3)10-12-21)16-20(23(26)29-4)15-19-7-5-6-8-22(19)24/h5-13,15H,14,16H2,1-4H3/b20-15+. The van der Waals surface area contributed by atoms with Crippen LogP contribution in [-0.2, 0) is 19.6 Å². The Labute approximate surface area is 187 Å². The fraction of sp³-hybridized carbons (Fsp3) is 0.261. The zero-order valence-corrected chi connectivity index (χ0v) is 20.0. The minimum absolute atomic E-state index is 0.117. The molecule has 0 aliphatic rings. The number of halogens is 1. The summed E-state index contributed by atoms with van der Waals surface area (Å²) in [5.41, 5.74) is 2.94. The molecule has 0 bridgehead atoms. The molecule has 30 heavy (non-hydrogen) atoms. The maximum atomic E-state index is 13.3. The number of hydrogen-bond acceptors (Lipinski definition) is 4. The molecule has 0 saturated heterocycles. The van der Waals surface area contributed by atoms with Gasteiger partial charge in [-0.05, 0) is 50.6 Å². The third kappa shape index (κ3) is 6.39. The lowest BCUT2D eigenvalue weighted by molar-refractivity contribution is -0.136. The Balaban J connectivity index is 2.51. The van der Waals surface area contributed by atoms with Gasteiger partial charge in [-0.2, -0.15) is 4.31 Å². The van der Waals surface area contributed by atoms with Gasteiger partial charge in [-0.1, -0.05) is 63.5 Å². The van der Waals surface area contributed by atoms with Crippen molar-refractivity contribution in [1.82, 2.24) is 4.31 Å². The molecule has 0 aromatic heterocycles. The summed E-state index contributed by atoms with van der Waals surface area (Å²) >= 11 is 3.46. The van der Waals surface area contributed by atoms with Crippen molar-refractivity contribution in [3.05, 3.63) is 81.4 Å². The average molecular weight is 492 g/mol. The van der Waals surface area contributed by atoms with Gasteiger partial charge < -0.3 is 4.74 Å². The number of rotatable bonds is 8. The van der Waals surface area contributed by atoms with Crippen LogP contribution in [-0.4, -0.2) is 38.9 Å². The summed E-state index contributed by atoms with van der Waals surface area (Å²) < 4.78 is 33.7. The summed E-state index contributed by atoms with van der Waals surface area (Å²) in [7, 11) is -2.54. The molecule has 0 fully saturated rings. The molecule has 2 rings (SSSR count). The smallest absolute Gasteiger partial charge is 0.335 e. The Morgan fingerprint density at radius 1 is 1.10 bits per heavy atom. The molecule has 0 unspecified atom stereocenters. The van der Waals surface area contributed by atoms with Crippen LogP contribution in [0.2, 0.25) is 0 Å². The molecule has 0 aliphatic carbocycles. The number of aryl methyl sites for hydroxylation is 1. The lowest BCUT2D eigenvalue weighted by Gasteiger charge is -2.22. The number of sulfonamides is 1. The van der Waals surface area contributed by atoms with Crippen molar-refractivity contribution in [2.24, 2.45) is 0 Å². The molecule has 2 aromatic carbocycles. The lowest BCUT2D eigenvalue weighted by Crippen LogP contribution is -2.35. The molecular weight excluding hydrogens is 466 g/mol. The zero-order chi connectivity index (χ0) is 22.3. The van der Waals surface area contributed by atoms with Crippen molar-refractivity contribution in [3.63, 3.8) is 0 Å². The second-order valence-corrected chi connectivity index (χ2v) is 9.87. The Morgan fingerprint density at radius 3 is 2.30 bits per heavy atom. The Kier molecular flexibility index (Phi) is 8.58. The van der Waals surface area contributed by atoms with E-state index in [1.165, 1.54) is 11.4 Å². The first-order valence-electron chi connectivity index (χ1n) is 9.38. The van der Waals surface area contributed by atoms with Gasteiger partial charge in [-0.3, -0.25) is 0 Å². The van der Waals surface area contributed by atoms with Gasteiger partial charge in [0.1, 0.15) is 0 Å². The second-order valence-electron chi connectivity index (χ2n) is 7.07. The Morgan fingerprint density at radius 2 is 1.73 bits per heavy atom. The van der Waals surface area contributed by atoms with Gasteiger partial charge in [0.15, 0.2) is 0 Å². The van der Waals surface area contributed by atoms with Gasteiger partial charge in [-0.25, -0.2) is 13.2 Å².